The molecule has 0 unspecified atom stereocenters. The molecule has 13 heavy (non-hydrogen) atoms. The van der Waals surface area contributed by atoms with Gasteiger partial charge in [0.25, 0.3) is 0 Å². The summed E-state index contributed by atoms with van der Waals surface area (Å²) < 4.78 is 2.05. The van der Waals surface area contributed by atoms with Crippen molar-refractivity contribution in [3.63, 3.8) is 0 Å². The van der Waals surface area contributed by atoms with Crippen molar-refractivity contribution in [3.05, 3.63) is 26.5 Å². The molecule has 0 saturated carbocycles. The molecule has 4 heteroatoms. The van der Waals surface area contributed by atoms with Gasteiger partial charge in [0.1, 0.15) is 9.48 Å². The number of halogens is 2. The standard InChI is InChI=1S/C5H3BrIN.C3H6O.CH4/c6-4-1-2-5(7)8-3-4;1-3(2)4;/h1-3H;1-2H3;1H4/i;3+2;. The van der Waals surface area contributed by atoms with Gasteiger partial charge in [-0.25, -0.2) is 4.98 Å². The molecule has 0 aliphatic rings. The van der Waals surface area contributed by atoms with Crippen LogP contribution in [0.25, 0.3) is 0 Å². The lowest BCUT2D eigenvalue weighted by Crippen LogP contribution is -1.74. The average molecular weight is 360 g/mol. The fourth-order valence-corrected chi connectivity index (χ4v) is 0.911. The number of hydrogen-bond donors (Lipinski definition) is 0. The maximum atomic E-state index is 9.44. The summed E-state index contributed by atoms with van der Waals surface area (Å²) in [6, 6.07) is 3.92. The van der Waals surface area contributed by atoms with E-state index in [9.17, 15) is 4.79 Å². The SMILES string of the molecule is Brc1ccc(I)nc1.C.C[14C](C)=O. The van der Waals surface area contributed by atoms with Gasteiger partial charge < -0.3 is 4.79 Å². The fourth-order valence-electron chi connectivity index (χ4n) is 0.358. The Morgan fingerprint density at radius 2 is 1.92 bits per heavy atom. The summed E-state index contributed by atoms with van der Waals surface area (Å²) in [4.78, 5) is 13.5. The van der Waals surface area contributed by atoms with Crippen LogP contribution < -0.4 is 0 Å². The Labute approximate surface area is 101 Å². The Hall–Kier alpha value is 0.0300. The average Bonchev–Trinajstić information content (AvgIpc) is 1.94. The van der Waals surface area contributed by atoms with Gasteiger partial charge in [-0.15, -0.1) is 0 Å². The van der Waals surface area contributed by atoms with Crippen molar-refractivity contribution in [2.45, 2.75) is 21.3 Å². The van der Waals surface area contributed by atoms with Crippen molar-refractivity contribution in [1.29, 1.82) is 0 Å². The summed E-state index contributed by atoms with van der Waals surface area (Å²) in [5.41, 5.74) is 0. The van der Waals surface area contributed by atoms with E-state index < -0.39 is 0 Å². The molecule has 1 heterocycles. The molecule has 0 fully saturated rings. The van der Waals surface area contributed by atoms with Crippen LogP contribution in [0.2, 0.25) is 0 Å². The van der Waals surface area contributed by atoms with Gasteiger partial charge in [-0.1, -0.05) is 7.43 Å². The Balaban J connectivity index is 0. The lowest BCUT2D eigenvalue weighted by molar-refractivity contribution is -0.114. The number of nitrogens with zero attached hydrogens (tertiary/aromatic N) is 1. The quantitative estimate of drug-likeness (QED) is 0.522. The van der Waals surface area contributed by atoms with E-state index in [2.05, 4.69) is 43.5 Å². The highest BCUT2D eigenvalue weighted by Gasteiger charge is 1.84. The normalized spacial score (nSPS) is 7.69. The first-order valence-electron chi connectivity index (χ1n) is 3.26. The van der Waals surface area contributed by atoms with Gasteiger partial charge in [-0.3, -0.25) is 0 Å². The van der Waals surface area contributed by atoms with Crippen molar-refractivity contribution >= 4 is 44.3 Å². The minimum absolute atomic E-state index is 0. The molecule has 0 saturated heterocycles. The second kappa shape index (κ2) is 8.62. The predicted molar refractivity (Wildman–Crippen MR) is 67.7 cm³/mol. The number of aromatic nitrogens is 1. The zero-order valence-electron chi connectivity index (χ0n) is 6.84. The van der Waals surface area contributed by atoms with Crippen LogP contribution in [0, 0.1) is 3.70 Å². The number of hydrogen-bond acceptors (Lipinski definition) is 2. The van der Waals surface area contributed by atoms with E-state index in [0.29, 0.717) is 0 Å². The zero-order chi connectivity index (χ0) is 9.56. The molecule has 0 radical (unpaired) electrons. The summed E-state index contributed by atoms with van der Waals surface area (Å²) in [5.74, 6) is 0.167. The second-order valence-corrected chi connectivity index (χ2v) is 4.23. The molecular formula is C9H13BrINO. The Morgan fingerprint density at radius 3 is 2.15 bits per heavy atom. The van der Waals surface area contributed by atoms with Gasteiger partial charge in [-0.2, -0.15) is 0 Å². The van der Waals surface area contributed by atoms with Crippen LogP contribution in [0.5, 0.6) is 0 Å². The van der Waals surface area contributed by atoms with Gasteiger partial charge in [0.2, 0.25) is 0 Å². The summed E-state index contributed by atoms with van der Waals surface area (Å²) in [6.45, 7) is 3.06. The van der Waals surface area contributed by atoms with Crippen LogP contribution in [0.3, 0.4) is 0 Å². The lowest BCUT2D eigenvalue weighted by atomic mass is 10.5. The summed E-state index contributed by atoms with van der Waals surface area (Å²) in [6.07, 6.45) is 1.78. The first-order valence-corrected chi connectivity index (χ1v) is 5.14. The van der Waals surface area contributed by atoms with Gasteiger partial charge in [-0.05, 0) is 64.5 Å². The lowest BCUT2D eigenvalue weighted by Gasteiger charge is -1.86. The molecule has 1 aromatic heterocycles. The molecule has 74 valence electrons. The number of rotatable bonds is 0. The highest BCUT2D eigenvalue weighted by Crippen LogP contribution is 2.07. The number of carbonyl (C=O) groups is 1. The monoisotopic (exact) mass is 359 g/mol. The van der Waals surface area contributed by atoms with E-state index in [1.54, 1.807) is 6.20 Å². The first-order chi connectivity index (χ1) is 5.52. The fraction of sp³-hybridized carbons (Fsp3) is 0.333. The molecule has 0 aromatic carbocycles. The number of pyridine rings is 1. The highest BCUT2D eigenvalue weighted by atomic mass is 127. The molecule has 0 atom stereocenters. The Morgan fingerprint density at radius 1 is 1.46 bits per heavy atom. The van der Waals surface area contributed by atoms with Crippen LogP contribution in [0.4, 0.5) is 0 Å². The van der Waals surface area contributed by atoms with Gasteiger partial charge in [0.15, 0.2) is 0 Å². The third-order valence-corrected chi connectivity index (χ3v) is 1.80. The topological polar surface area (TPSA) is 30.0 Å². The minimum Gasteiger partial charge on any atom is -0.300 e. The van der Waals surface area contributed by atoms with E-state index in [4.69, 9.17) is 0 Å². The molecule has 1 rings (SSSR count). The van der Waals surface area contributed by atoms with Crippen LogP contribution in [-0.4, -0.2) is 10.8 Å². The second-order valence-electron chi connectivity index (χ2n) is 2.21. The summed E-state index contributed by atoms with van der Waals surface area (Å²) >= 11 is 5.44. The third-order valence-electron chi connectivity index (χ3n) is 0.691. The molecule has 1 aromatic rings. The van der Waals surface area contributed by atoms with Crippen molar-refractivity contribution in [1.82, 2.24) is 4.98 Å². The molecule has 2 nitrogen and oxygen atoms in total. The minimum atomic E-state index is 0. The van der Waals surface area contributed by atoms with Crippen LogP contribution in [-0.2, 0) is 4.79 Å². The van der Waals surface area contributed by atoms with Crippen LogP contribution >= 0.6 is 38.5 Å². The van der Waals surface area contributed by atoms with Crippen LogP contribution in [0.15, 0.2) is 22.8 Å². The van der Waals surface area contributed by atoms with E-state index in [0.717, 1.165) is 8.17 Å². The molecule has 0 bridgehead atoms. The highest BCUT2D eigenvalue weighted by molar-refractivity contribution is 14.1. The largest absolute Gasteiger partial charge is 0.300 e. The van der Waals surface area contributed by atoms with Crippen molar-refractivity contribution < 1.29 is 4.79 Å². The van der Waals surface area contributed by atoms with Crippen molar-refractivity contribution in [2.24, 2.45) is 0 Å². The van der Waals surface area contributed by atoms with E-state index in [1.165, 1.54) is 13.8 Å². The Bertz CT molecular complexity index is 223. The van der Waals surface area contributed by atoms with E-state index >= 15 is 0 Å². The van der Waals surface area contributed by atoms with Gasteiger partial charge >= 0.3 is 0 Å². The molecule has 0 aliphatic carbocycles. The van der Waals surface area contributed by atoms with Crippen molar-refractivity contribution in [2.75, 3.05) is 0 Å². The molecular weight excluding hydrogens is 347 g/mol. The maximum absolute atomic E-state index is 9.44. The smallest absolute Gasteiger partial charge is 0.126 e. The maximum Gasteiger partial charge on any atom is 0.126 e. The Kier molecular flexibility index (Phi) is 10.3. The van der Waals surface area contributed by atoms with Gasteiger partial charge in [0, 0.05) is 10.7 Å². The zero-order valence-corrected chi connectivity index (χ0v) is 10.6. The van der Waals surface area contributed by atoms with Crippen molar-refractivity contribution in [3.8, 4) is 0 Å². The van der Waals surface area contributed by atoms with Gasteiger partial charge in [0.05, 0.1) is 0 Å². The first kappa shape index (κ1) is 15.5. The van der Waals surface area contributed by atoms with Crippen LogP contribution in [0.1, 0.15) is 21.3 Å². The predicted octanol–water partition coefficient (Wildman–Crippen LogP) is 3.68. The van der Waals surface area contributed by atoms with E-state index in [-0.39, 0.29) is 13.2 Å². The number of ketones is 1. The number of carbonyl (C=O) groups excluding carboxylic acids is 1. The molecule has 0 amide bonds. The molecule has 0 spiro atoms. The summed E-state index contributed by atoms with van der Waals surface area (Å²) in [7, 11) is 0. The molecule has 0 aliphatic heterocycles. The van der Waals surface area contributed by atoms with E-state index in [1.807, 2.05) is 12.1 Å². The molecule has 0 N–H and O–H groups in total. The number of Topliss-reactive ketones (excluding diaryl/α,β-unsaturated/α-hetero) is 1. The third kappa shape index (κ3) is 12.0. The summed E-state index contributed by atoms with van der Waals surface area (Å²) in [5, 5.41) is 0.